The minimum Gasteiger partial charge on any atom is -0.263 e. The molecule has 1 aromatic rings. The third kappa shape index (κ3) is 0.984. The van der Waals surface area contributed by atoms with Gasteiger partial charge in [-0.3, -0.25) is 4.98 Å². The van der Waals surface area contributed by atoms with Gasteiger partial charge in [-0.15, -0.1) is 0 Å². The van der Waals surface area contributed by atoms with Crippen molar-refractivity contribution in [3.05, 3.63) is 36.0 Å². The lowest BCUT2D eigenvalue weighted by molar-refractivity contribution is 1.31. The van der Waals surface area contributed by atoms with Crippen molar-refractivity contribution in [3.63, 3.8) is 0 Å². The largest absolute Gasteiger partial charge is 0.263 e. The Kier molecular flexibility index (Phi) is 1.49. The molecule has 0 unspecified atom stereocenters. The molecule has 2 radical (unpaired) electrons. The van der Waals surface area contributed by atoms with E-state index in [0.717, 1.165) is 0 Å². The molecular formula is C6H4ClN. The summed E-state index contributed by atoms with van der Waals surface area (Å²) in [5.41, 5.74) is 0.571. The Bertz CT molecular complexity index is 165. The van der Waals surface area contributed by atoms with Gasteiger partial charge in [0.05, 0.1) is 5.02 Å². The molecular weight excluding hydrogens is 122 g/mol. The number of halogens is 1. The molecule has 8 heavy (non-hydrogen) atoms. The fourth-order valence-electron chi connectivity index (χ4n) is 0.386. The van der Waals surface area contributed by atoms with Crippen molar-refractivity contribution in [2.75, 3.05) is 0 Å². The van der Waals surface area contributed by atoms with E-state index in [0.29, 0.717) is 10.6 Å². The number of rotatable bonds is 0. The zero-order valence-corrected chi connectivity index (χ0v) is 4.89. The van der Waals surface area contributed by atoms with Crippen molar-refractivity contribution in [2.24, 2.45) is 0 Å². The van der Waals surface area contributed by atoms with Crippen LogP contribution in [0.3, 0.4) is 0 Å². The van der Waals surface area contributed by atoms with Crippen LogP contribution in [-0.4, -0.2) is 4.98 Å². The summed E-state index contributed by atoms with van der Waals surface area (Å²) >= 11 is 5.52. The Morgan fingerprint density at radius 3 is 2.75 bits per heavy atom. The molecule has 0 aliphatic carbocycles. The average molecular weight is 126 g/mol. The molecule has 0 fully saturated rings. The lowest BCUT2D eigenvalue weighted by Crippen LogP contribution is -1.73. The summed E-state index contributed by atoms with van der Waals surface area (Å²) in [4.78, 5) is 3.73. The molecule has 0 atom stereocenters. The smallest absolute Gasteiger partial charge is 0.0624 e. The van der Waals surface area contributed by atoms with Gasteiger partial charge in [0.25, 0.3) is 0 Å². The third-order valence-electron chi connectivity index (χ3n) is 0.804. The van der Waals surface area contributed by atoms with Crippen molar-refractivity contribution in [1.82, 2.24) is 4.98 Å². The first-order valence-electron chi connectivity index (χ1n) is 2.15. The second kappa shape index (κ2) is 2.14. The van der Waals surface area contributed by atoms with Crippen LogP contribution in [0.25, 0.3) is 0 Å². The summed E-state index contributed by atoms with van der Waals surface area (Å²) in [6.45, 7) is 5.35. The van der Waals surface area contributed by atoms with E-state index in [-0.39, 0.29) is 0 Å². The molecule has 0 aromatic carbocycles. The van der Waals surface area contributed by atoms with Gasteiger partial charge in [-0.05, 0) is 11.6 Å². The maximum atomic E-state index is 5.52. The van der Waals surface area contributed by atoms with Crippen LogP contribution in [0.1, 0.15) is 5.56 Å². The zero-order chi connectivity index (χ0) is 5.98. The van der Waals surface area contributed by atoms with Gasteiger partial charge in [0, 0.05) is 19.3 Å². The van der Waals surface area contributed by atoms with Crippen molar-refractivity contribution in [3.8, 4) is 0 Å². The van der Waals surface area contributed by atoms with E-state index in [1.165, 1.54) is 6.20 Å². The van der Waals surface area contributed by atoms with Gasteiger partial charge in [0.15, 0.2) is 0 Å². The third-order valence-corrected chi connectivity index (χ3v) is 1.12. The molecule has 1 rings (SSSR count). The topological polar surface area (TPSA) is 12.9 Å². The van der Waals surface area contributed by atoms with E-state index < -0.39 is 0 Å². The van der Waals surface area contributed by atoms with E-state index >= 15 is 0 Å². The first kappa shape index (κ1) is 5.57. The minimum absolute atomic E-state index is 0.507. The first-order valence-corrected chi connectivity index (χ1v) is 2.53. The van der Waals surface area contributed by atoms with Crippen LogP contribution < -0.4 is 0 Å². The van der Waals surface area contributed by atoms with E-state index in [4.69, 9.17) is 18.5 Å². The molecule has 0 saturated heterocycles. The predicted octanol–water partition coefficient (Wildman–Crippen LogP) is 1.79. The Morgan fingerprint density at radius 2 is 2.38 bits per heavy atom. The monoisotopic (exact) mass is 125 g/mol. The first-order chi connectivity index (χ1) is 3.80. The molecule has 1 aromatic heterocycles. The quantitative estimate of drug-likeness (QED) is 0.515. The van der Waals surface area contributed by atoms with Gasteiger partial charge >= 0.3 is 0 Å². The Labute approximate surface area is 53.3 Å². The number of hydrogen-bond acceptors (Lipinski definition) is 1. The SMILES string of the molecule is [CH]c1ccncc1Cl. The highest BCUT2D eigenvalue weighted by atomic mass is 35.5. The van der Waals surface area contributed by atoms with Crippen LogP contribution in [0.4, 0.5) is 0 Å². The number of nitrogens with zero attached hydrogens (tertiary/aromatic N) is 1. The summed E-state index contributed by atoms with van der Waals surface area (Å²) < 4.78 is 0. The molecule has 0 spiro atoms. The van der Waals surface area contributed by atoms with Gasteiger partial charge in [-0.2, -0.15) is 0 Å². The molecule has 1 nitrogen and oxygen atoms in total. The van der Waals surface area contributed by atoms with Gasteiger partial charge < -0.3 is 0 Å². The van der Waals surface area contributed by atoms with Crippen LogP contribution in [0.15, 0.2) is 18.5 Å². The number of aromatic nitrogens is 1. The summed E-state index contributed by atoms with van der Waals surface area (Å²) in [5, 5.41) is 0.507. The minimum atomic E-state index is 0.507. The lowest BCUT2D eigenvalue weighted by atomic mass is 10.3. The van der Waals surface area contributed by atoms with E-state index in [9.17, 15) is 0 Å². The van der Waals surface area contributed by atoms with E-state index in [1.54, 1.807) is 12.3 Å². The van der Waals surface area contributed by atoms with Crippen LogP contribution in [0.5, 0.6) is 0 Å². The van der Waals surface area contributed by atoms with Gasteiger partial charge in [-0.1, -0.05) is 11.6 Å². The highest BCUT2D eigenvalue weighted by molar-refractivity contribution is 6.31. The molecule has 0 aliphatic rings. The maximum Gasteiger partial charge on any atom is 0.0624 e. The van der Waals surface area contributed by atoms with Gasteiger partial charge in [0.1, 0.15) is 0 Å². The highest BCUT2D eigenvalue weighted by Crippen LogP contribution is 2.09. The zero-order valence-electron chi connectivity index (χ0n) is 4.13. The molecule has 0 saturated carbocycles. The van der Waals surface area contributed by atoms with Crippen molar-refractivity contribution in [1.29, 1.82) is 0 Å². The van der Waals surface area contributed by atoms with Crippen LogP contribution >= 0.6 is 11.6 Å². The van der Waals surface area contributed by atoms with E-state index in [2.05, 4.69) is 4.98 Å². The summed E-state index contributed by atoms with van der Waals surface area (Å²) in [7, 11) is 0. The predicted molar refractivity (Wildman–Crippen MR) is 32.6 cm³/mol. The summed E-state index contributed by atoms with van der Waals surface area (Å²) in [6, 6.07) is 1.66. The molecule has 0 amide bonds. The number of hydrogen-bond donors (Lipinski definition) is 0. The highest BCUT2D eigenvalue weighted by Gasteiger charge is 1.88. The van der Waals surface area contributed by atoms with Crippen LogP contribution in [-0.2, 0) is 0 Å². The summed E-state index contributed by atoms with van der Waals surface area (Å²) in [5.74, 6) is 0. The van der Waals surface area contributed by atoms with Crippen molar-refractivity contribution in [2.45, 2.75) is 0 Å². The molecule has 0 aliphatic heterocycles. The van der Waals surface area contributed by atoms with Crippen molar-refractivity contribution >= 4 is 11.6 Å². The molecule has 1 heterocycles. The normalized spacial score (nSPS) is 9.25. The van der Waals surface area contributed by atoms with Crippen molar-refractivity contribution < 1.29 is 0 Å². The second-order valence-electron chi connectivity index (χ2n) is 1.40. The van der Waals surface area contributed by atoms with E-state index in [1.807, 2.05) is 0 Å². The van der Waals surface area contributed by atoms with Gasteiger partial charge in [-0.25, -0.2) is 0 Å². The summed E-state index contributed by atoms with van der Waals surface area (Å²) in [6.07, 6.45) is 3.11. The standard InChI is InChI=1S/C6H4ClN/c1-5-2-3-8-4-6(5)7/h1-4H. The Morgan fingerprint density at radius 1 is 1.62 bits per heavy atom. The Balaban J connectivity index is 3.13. The Hall–Kier alpha value is -0.560. The lowest BCUT2D eigenvalue weighted by Gasteiger charge is -1.89. The van der Waals surface area contributed by atoms with Crippen LogP contribution in [0, 0.1) is 6.92 Å². The molecule has 40 valence electrons. The average Bonchev–Trinajstić information content (AvgIpc) is 1.77. The van der Waals surface area contributed by atoms with Gasteiger partial charge in [0.2, 0.25) is 0 Å². The van der Waals surface area contributed by atoms with Crippen LogP contribution in [0.2, 0.25) is 5.02 Å². The fraction of sp³-hybridized carbons (Fsp3) is 0. The maximum absolute atomic E-state index is 5.52. The second-order valence-corrected chi connectivity index (χ2v) is 1.80. The molecule has 0 N–H and O–H groups in total. The number of pyridine rings is 1. The fourth-order valence-corrected chi connectivity index (χ4v) is 0.505. The molecule has 0 bridgehead atoms. The molecule has 2 heteroatoms.